The summed E-state index contributed by atoms with van der Waals surface area (Å²) in [5, 5.41) is 0.511. The second-order valence-electron chi connectivity index (χ2n) is 9.89. The van der Waals surface area contributed by atoms with Gasteiger partial charge >= 0.3 is 12.2 Å². The van der Waals surface area contributed by atoms with Crippen LogP contribution in [-0.2, 0) is 16.2 Å². The van der Waals surface area contributed by atoms with Crippen molar-refractivity contribution in [2.24, 2.45) is 0 Å². The van der Waals surface area contributed by atoms with Gasteiger partial charge in [0.2, 0.25) is 10.0 Å². The molecular weight excluding hydrogens is 573 g/mol. The number of alkyl halides is 3. The minimum Gasteiger partial charge on any atom is -0.496 e. The molecule has 2 atom stereocenters. The fourth-order valence-electron chi connectivity index (χ4n) is 5.20. The predicted octanol–water partition coefficient (Wildman–Crippen LogP) is 3.60. The third-order valence-electron chi connectivity index (χ3n) is 7.41. The van der Waals surface area contributed by atoms with Crippen LogP contribution in [0.25, 0.3) is 0 Å². The quantitative estimate of drug-likeness (QED) is 0.522. The van der Waals surface area contributed by atoms with E-state index in [0.29, 0.717) is 5.02 Å². The molecule has 0 spiro atoms. The lowest BCUT2D eigenvalue weighted by Crippen LogP contribution is -2.53. The van der Waals surface area contributed by atoms with Gasteiger partial charge in [-0.05, 0) is 35.9 Å². The van der Waals surface area contributed by atoms with Crippen LogP contribution >= 0.6 is 11.6 Å². The first-order valence-corrected chi connectivity index (χ1v) is 14.7. The average molecular weight is 603 g/mol. The Morgan fingerprint density at radius 3 is 2.17 bits per heavy atom. The zero-order valence-corrected chi connectivity index (χ0v) is 23.8. The second-order valence-corrected chi connectivity index (χ2v) is 12.3. The number of methoxy groups -OCH3 is 1. The van der Waals surface area contributed by atoms with Gasteiger partial charge in [-0.25, -0.2) is 13.2 Å². The summed E-state index contributed by atoms with van der Waals surface area (Å²) in [6.45, 7) is 1.20. The Kier molecular flexibility index (Phi) is 8.57. The zero-order valence-electron chi connectivity index (χ0n) is 22.2. The molecule has 2 fully saturated rings. The number of rotatable bonds is 5. The van der Waals surface area contributed by atoms with E-state index in [1.807, 2.05) is 0 Å². The highest BCUT2D eigenvalue weighted by atomic mass is 35.5. The maximum absolute atomic E-state index is 13.6. The number of sulfonamides is 1. The Morgan fingerprint density at radius 2 is 1.62 bits per heavy atom. The number of likely N-dealkylation sites (tertiary alicyclic amines) is 1. The van der Waals surface area contributed by atoms with E-state index in [1.54, 1.807) is 34.1 Å². The number of carbonyl (C=O) groups is 2. The first-order valence-electron chi connectivity index (χ1n) is 12.5. The van der Waals surface area contributed by atoms with E-state index in [9.17, 15) is 31.2 Å². The first kappa shape index (κ1) is 29.9. The molecule has 0 aliphatic carbocycles. The largest absolute Gasteiger partial charge is 0.496 e. The van der Waals surface area contributed by atoms with Gasteiger partial charge in [-0.2, -0.15) is 17.5 Å². The summed E-state index contributed by atoms with van der Waals surface area (Å²) in [4.78, 5) is 31.5. The molecule has 14 heteroatoms. The summed E-state index contributed by atoms with van der Waals surface area (Å²) in [7, 11) is -0.735. The number of hydrogen-bond donors (Lipinski definition) is 0. The molecule has 2 aliphatic rings. The number of likely N-dealkylation sites (N-methyl/N-ethyl adjacent to an activating group) is 1. The van der Waals surface area contributed by atoms with E-state index in [1.165, 1.54) is 22.3 Å². The summed E-state index contributed by atoms with van der Waals surface area (Å²) in [5.74, 6) is -1.36. The lowest BCUT2D eigenvalue weighted by atomic mass is 9.93. The van der Waals surface area contributed by atoms with Crippen molar-refractivity contribution in [3.63, 3.8) is 0 Å². The van der Waals surface area contributed by atoms with Crippen LogP contribution < -0.4 is 4.74 Å². The van der Waals surface area contributed by atoms with Crippen molar-refractivity contribution in [2.45, 2.75) is 18.1 Å². The van der Waals surface area contributed by atoms with Crippen molar-refractivity contribution in [3.05, 3.63) is 64.2 Å². The van der Waals surface area contributed by atoms with Crippen molar-refractivity contribution >= 4 is 33.6 Å². The third-order valence-corrected chi connectivity index (χ3v) is 8.96. The normalized spacial score (nSPS) is 20.5. The van der Waals surface area contributed by atoms with Gasteiger partial charge in [-0.1, -0.05) is 23.7 Å². The number of carbonyl (C=O) groups excluding carboxylic acids is 2. The van der Waals surface area contributed by atoms with Crippen molar-refractivity contribution in [1.29, 1.82) is 0 Å². The molecule has 1 unspecified atom stereocenters. The summed E-state index contributed by atoms with van der Waals surface area (Å²) in [6.07, 6.45) is -3.59. The lowest BCUT2D eigenvalue weighted by molar-refractivity contribution is -0.138. The molecule has 2 aromatic rings. The molecule has 0 N–H and O–H groups in total. The van der Waals surface area contributed by atoms with Crippen LogP contribution in [0.2, 0.25) is 5.02 Å². The van der Waals surface area contributed by atoms with Gasteiger partial charge in [-0.15, -0.1) is 0 Å². The molecule has 3 amide bonds. The van der Waals surface area contributed by atoms with E-state index in [2.05, 4.69) is 0 Å². The molecule has 4 rings (SSSR count). The standard InChI is InChI=1S/C26H30ClF3N4O5S/c1-31(24(35)18-6-9-23(39-2)21(14-18)26(28,29)30)22-16-33(15-20(22)17-4-7-19(27)8-5-17)25(36)32-10-12-34(13-11-32)40(3,37)38/h4-9,14,20,22H,10-13,15-16H2,1-3H3/t20?,22-/m1/s1. The van der Waals surface area contributed by atoms with Crippen LogP contribution in [0.15, 0.2) is 42.5 Å². The summed E-state index contributed by atoms with van der Waals surface area (Å²) >= 11 is 6.06. The number of urea groups is 1. The summed E-state index contributed by atoms with van der Waals surface area (Å²) < 4.78 is 70.7. The number of nitrogens with zero attached hydrogens (tertiary/aromatic N) is 4. The number of ether oxygens (including phenoxy) is 1. The maximum Gasteiger partial charge on any atom is 0.419 e. The minimum absolute atomic E-state index is 0.142. The SMILES string of the molecule is COc1ccc(C(=O)N(C)[C@@H]2CN(C(=O)N3CCN(S(C)(=O)=O)CC3)CC2c2ccc(Cl)cc2)cc1C(F)(F)F. The third kappa shape index (κ3) is 6.31. The zero-order chi connectivity index (χ0) is 29.4. The molecule has 0 bridgehead atoms. The van der Waals surface area contributed by atoms with Gasteiger partial charge < -0.3 is 19.4 Å². The van der Waals surface area contributed by atoms with Crippen molar-refractivity contribution < 1.29 is 35.9 Å². The molecule has 2 aromatic carbocycles. The van der Waals surface area contributed by atoms with Crippen molar-refractivity contribution in [2.75, 3.05) is 59.7 Å². The Labute approximate surface area is 236 Å². The fraction of sp³-hybridized carbons (Fsp3) is 0.462. The number of halogens is 4. The van der Waals surface area contributed by atoms with Crippen LogP contribution in [0.5, 0.6) is 5.75 Å². The monoisotopic (exact) mass is 602 g/mol. The molecule has 40 heavy (non-hydrogen) atoms. The van der Waals surface area contributed by atoms with E-state index >= 15 is 0 Å². The number of hydrogen-bond acceptors (Lipinski definition) is 5. The summed E-state index contributed by atoms with van der Waals surface area (Å²) in [5.41, 5.74) is -0.399. The molecule has 9 nitrogen and oxygen atoms in total. The smallest absolute Gasteiger partial charge is 0.419 e. The molecule has 0 aromatic heterocycles. The van der Waals surface area contributed by atoms with Crippen molar-refractivity contribution in [3.8, 4) is 5.75 Å². The maximum atomic E-state index is 13.6. The molecule has 2 aliphatic heterocycles. The predicted molar refractivity (Wildman–Crippen MR) is 143 cm³/mol. The van der Waals surface area contributed by atoms with E-state index in [-0.39, 0.29) is 62.5 Å². The highest BCUT2D eigenvalue weighted by Crippen LogP contribution is 2.38. The van der Waals surface area contributed by atoms with Gasteiger partial charge in [-0.3, -0.25) is 4.79 Å². The van der Waals surface area contributed by atoms with Crippen LogP contribution in [0.4, 0.5) is 18.0 Å². The minimum atomic E-state index is -4.72. The Hall–Kier alpha value is -3.03. The Balaban J connectivity index is 1.59. The average Bonchev–Trinajstić information content (AvgIpc) is 3.36. The van der Waals surface area contributed by atoms with Crippen LogP contribution in [0, 0.1) is 0 Å². The lowest BCUT2D eigenvalue weighted by Gasteiger charge is -2.35. The van der Waals surface area contributed by atoms with Gasteiger partial charge in [0, 0.05) is 62.8 Å². The van der Waals surface area contributed by atoms with E-state index < -0.39 is 33.7 Å². The van der Waals surface area contributed by atoms with Crippen molar-refractivity contribution in [1.82, 2.24) is 19.0 Å². The topological polar surface area (TPSA) is 90.5 Å². The first-order chi connectivity index (χ1) is 18.7. The highest BCUT2D eigenvalue weighted by Gasteiger charge is 2.42. The highest BCUT2D eigenvalue weighted by molar-refractivity contribution is 7.88. The molecule has 218 valence electrons. The van der Waals surface area contributed by atoms with Gasteiger partial charge in [0.1, 0.15) is 5.75 Å². The van der Waals surface area contributed by atoms with E-state index in [4.69, 9.17) is 16.3 Å². The number of amides is 3. The molecule has 2 heterocycles. The molecule has 0 radical (unpaired) electrons. The number of piperazine rings is 1. The Morgan fingerprint density at radius 1 is 1.00 bits per heavy atom. The summed E-state index contributed by atoms with van der Waals surface area (Å²) in [6, 6.07) is 9.32. The molecule has 0 saturated carbocycles. The van der Waals surface area contributed by atoms with Crippen LogP contribution in [0.1, 0.15) is 27.4 Å². The van der Waals surface area contributed by atoms with Gasteiger partial charge in [0.15, 0.2) is 0 Å². The Bertz CT molecular complexity index is 1370. The molecule has 2 saturated heterocycles. The fourth-order valence-corrected chi connectivity index (χ4v) is 6.15. The van der Waals surface area contributed by atoms with Crippen LogP contribution in [-0.4, -0.2) is 105 Å². The van der Waals surface area contributed by atoms with Gasteiger partial charge in [0.25, 0.3) is 5.91 Å². The second kappa shape index (κ2) is 11.5. The van der Waals surface area contributed by atoms with Crippen LogP contribution in [0.3, 0.4) is 0 Å². The molecular formula is C26H30ClF3N4O5S. The number of benzene rings is 2. The van der Waals surface area contributed by atoms with Gasteiger partial charge in [0.05, 0.1) is 25.0 Å². The van der Waals surface area contributed by atoms with E-state index in [0.717, 1.165) is 31.1 Å².